The molecule has 1 aliphatic rings. The lowest BCUT2D eigenvalue weighted by Gasteiger charge is -2.34. The highest BCUT2D eigenvalue weighted by atomic mass is 32.1. The second kappa shape index (κ2) is 10.4. The standard InChI is InChI=1S/C20H29N5O3S/c1-3-4-18-21-22-20(29)25(18)15-19(26)24-11-9-23(10-12-24)13-14-28-17-7-5-16(27-2)6-8-17/h5-8H,3-4,9-15H2,1-2H3,(H,22,29). The summed E-state index contributed by atoms with van der Waals surface area (Å²) in [6, 6.07) is 7.59. The Labute approximate surface area is 176 Å². The Bertz CT molecular complexity index is 841. The number of aromatic amines is 1. The van der Waals surface area contributed by atoms with Crippen LogP contribution >= 0.6 is 12.2 Å². The molecule has 0 aliphatic carbocycles. The zero-order chi connectivity index (χ0) is 20.6. The predicted octanol–water partition coefficient (Wildman–Crippen LogP) is 2.12. The molecule has 0 spiro atoms. The highest BCUT2D eigenvalue weighted by Crippen LogP contribution is 2.17. The van der Waals surface area contributed by atoms with Gasteiger partial charge in [-0.3, -0.25) is 19.4 Å². The Balaban J connectivity index is 1.41. The van der Waals surface area contributed by atoms with Gasteiger partial charge in [-0.15, -0.1) is 0 Å². The van der Waals surface area contributed by atoms with Gasteiger partial charge in [-0.05, 0) is 42.9 Å². The first-order valence-corrected chi connectivity index (χ1v) is 10.4. The minimum atomic E-state index is 0.0917. The number of hydrogen-bond acceptors (Lipinski definition) is 6. The number of carbonyl (C=O) groups excluding carboxylic acids is 1. The number of carbonyl (C=O) groups is 1. The van der Waals surface area contributed by atoms with Crippen molar-refractivity contribution < 1.29 is 14.3 Å². The molecule has 2 heterocycles. The van der Waals surface area contributed by atoms with E-state index >= 15 is 0 Å². The Morgan fingerprint density at radius 2 is 1.86 bits per heavy atom. The summed E-state index contributed by atoms with van der Waals surface area (Å²) in [4.78, 5) is 16.9. The normalized spacial score (nSPS) is 14.8. The molecule has 1 saturated heterocycles. The van der Waals surface area contributed by atoms with E-state index in [1.807, 2.05) is 33.7 Å². The summed E-state index contributed by atoms with van der Waals surface area (Å²) in [7, 11) is 1.65. The fraction of sp³-hybridized carbons (Fsp3) is 0.550. The van der Waals surface area contributed by atoms with Gasteiger partial charge in [-0.1, -0.05) is 6.92 Å². The number of aryl methyl sites for hydroxylation is 1. The maximum Gasteiger partial charge on any atom is 0.242 e. The molecule has 8 nitrogen and oxygen atoms in total. The number of benzene rings is 1. The van der Waals surface area contributed by atoms with E-state index in [4.69, 9.17) is 21.7 Å². The lowest BCUT2D eigenvalue weighted by atomic mass is 10.3. The topological polar surface area (TPSA) is 75.6 Å². The van der Waals surface area contributed by atoms with Crippen LogP contribution in [0.15, 0.2) is 24.3 Å². The van der Waals surface area contributed by atoms with Crippen molar-refractivity contribution in [1.29, 1.82) is 0 Å². The molecule has 0 unspecified atom stereocenters. The molecule has 158 valence electrons. The molecule has 0 atom stereocenters. The molecule has 0 radical (unpaired) electrons. The van der Waals surface area contributed by atoms with E-state index in [0.29, 0.717) is 11.4 Å². The highest BCUT2D eigenvalue weighted by molar-refractivity contribution is 7.71. The molecule has 1 fully saturated rings. The van der Waals surface area contributed by atoms with Crippen molar-refractivity contribution >= 4 is 18.1 Å². The number of hydrogen-bond donors (Lipinski definition) is 1. The van der Waals surface area contributed by atoms with Crippen LogP contribution < -0.4 is 9.47 Å². The third-order valence-electron chi connectivity index (χ3n) is 5.06. The van der Waals surface area contributed by atoms with Crippen LogP contribution in [-0.2, 0) is 17.8 Å². The number of rotatable bonds is 9. The minimum absolute atomic E-state index is 0.0917. The van der Waals surface area contributed by atoms with Gasteiger partial charge in [0.05, 0.1) is 7.11 Å². The molecule has 2 aromatic rings. The van der Waals surface area contributed by atoms with Gasteiger partial charge in [-0.2, -0.15) is 5.10 Å². The number of piperazine rings is 1. The van der Waals surface area contributed by atoms with Crippen molar-refractivity contribution in [1.82, 2.24) is 24.6 Å². The first-order valence-electron chi connectivity index (χ1n) is 10.0. The summed E-state index contributed by atoms with van der Waals surface area (Å²) in [6.07, 6.45) is 1.77. The fourth-order valence-electron chi connectivity index (χ4n) is 3.35. The third kappa shape index (κ3) is 5.80. The molecular weight excluding hydrogens is 390 g/mol. The van der Waals surface area contributed by atoms with E-state index in [-0.39, 0.29) is 12.5 Å². The van der Waals surface area contributed by atoms with Crippen molar-refractivity contribution in [2.75, 3.05) is 46.4 Å². The Morgan fingerprint density at radius 3 is 2.52 bits per heavy atom. The SMILES string of the molecule is CCCc1n[nH]c(=S)n1CC(=O)N1CCN(CCOc2ccc(OC)cc2)CC1. The number of aromatic nitrogens is 3. The fourth-order valence-corrected chi connectivity index (χ4v) is 3.56. The number of H-pyrrole nitrogens is 1. The van der Waals surface area contributed by atoms with Gasteiger partial charge in [0.25, 0.3) is 0 Å². The maximum absolute atomic E-state index is 12.7. The predicted molar refractivity (Wildman–Crippen MR) is 113 cm³/mol. The van der Waals surface area contributed by atoms with E-state index in [1.54, 1.807) is 7.11 Å². The van der Waals surface area contributed by atoms with Gasteiger partial charge >= 0.3 is 0 Å². The van der Waals surface area contributed by atoms with E-state index < -0.39 is 0 Å². The van der Waals surface area contributed by atoms with Gasteiger partial charge in [0.2, 0.25) is 5.91 Å². The van der Waals surface area contributed by atoms with Gasteiger partial charge in [0.1, 0.15) is 30.5 Å². The highest BCUT2D eigenvalue weighted by Gasteiger charge is 2.22. The Hall–Kier alpha value is -2.39. The van der Waals surface area contributed by atoms with Crippen molar-refractivity contribution in [2.45, 2.75) is 26.3 Å². The quantitative estimate of drug-likeness (QED) is 0.628. The van der Waals surface area contributed by atoms with Crippen molar-refractivity contribution in [3.63, 3.8) is 0 Å². The number of amides is 1. The largest absolute Gasteiger partial charge is 0.497 e. The molecule has 3 rings (SSSR count). The number of ether oxygens (including phenoxy) is 2. The van der Waals surface area contributed by atoms with E-state index in [0.717, 1.165) is 62.9 Å². The van der Waals surface area contributed by atoms with Crippen molar-refractivity contribution in [2.24, 2.45) is 0 Å². The summed E-state index contributed by atoms with van der Waals surface area (Å²) in [5, 5.41) is 7.03. The molecule has 1 N–H and O–H groups in total. The van der Waals surface area contributed by atoms with Gasteiger partial charge in [-0.25, -0.2) is 0 Å². The minimum Gasteiger partial charge on any atom is -0.497 e. The van der Waals surface area contributed by atoms with Crippen LogP contribution in [0.3, 0.4) is 0 Å². The molecule has 0 saturated carbocycles. The smallest absolute Gasteiger partial charge is 0.242 e. The second-order valence-corrected chi connectivity index (χ2v) is 7.41. The lowest BCUT2D eigenvalue weighted by molar-refractivity contribution is -0.133. The number of nitrogens with one attached hydrogen (secondary N) is 1. The summed E-state index contributed by atoms with van der Waals surface area (Å²) in [5.74, 6) is 2.59. The Kier molecular flexibility index (Phi) is 7.65. The molecule has 0 bridgehead atoms. The molecule has 1 aromatic carbocycles. The average Bonchev–Trinajstić information content (AvgIpc) is 3.08. The molecular formula is C20H29N5O3S. The zero-order valence-electron chi connectivity index (χ0n) is 17.1. The summed E-state index contributed by atoms with van der Waals surface area (Å²) in [5.41, 5.74) is 0. The first-order chi connectivity index (χ1) is 14.1. The van der Waals surface area contributed by atoms with E-state index in [9.17, 15) is 4.79 Å². The number of methoxy groups -OCH3 is 1. The van der Waals surface area contributed by atoms with Gasteiger partial charge in [0, 0.05) is 39.1 Å². The summed E-state index contributed by atoms with van der Waals surface area (Å²) >= 11 is 5.27. The Morgan fingerprint density at radius 1 is 1.17 bits per heavy atom. The molecule has 1 amide bonds. The van der Waals surface area contributed by atoms with Crippen LogP contribution in [-0.4, -0.2) is 76.9 Å². The van der Waals surface area contributed by atoms with Gasteiger partial charge in [0.15, 0.2) is 4.77 Å². The molecule has 1 aromatic heterocycles. The maximum atomic E-state index is 12.7. The van der Waals surface area contributed by atoms with Crippen LogP contribution in [0.1, 0.15) is 19.2 Å². The van der Waals surface area contributed by atoms with Crippen LogP contribution in [0.5, 0.6) is 11.5 Å². The van der Waals surface area contributed by atoms with E-state index in [2.05, 4.69) is 22.0 Å². The first kappa shape index (κ1) is 21.3. The van der Waals surface area contributed by atoms with Crippen LogP contribution in [0.4, 0.5) is 0 Å². The van der Waals surface area contributed by atoms with Crippen molar-refractivity contribution in [3.8, 4) is 11.5 Å². The van der Waals surface area contributed by atoms with Crippen LogP contribution in [0.2, 0.25) is 0 Å². The van der Waals surface area contributed by atoms with Gasteiger partial charge < -0.3 is 14.4 Å². The molecule has 1 aliphatic heterocycles. The van der Waals surface area contributed by atoms with Crippen LogP contribution in [0, 0.1) is 4.77 Å². The van der Waals surface area contributed by atoms with E-state index in [1.165, 1.54) is 0 Å². The third-order valence-corrected chi connectivity index (χ3v) is 5.38. The molecule has 29 heavy (non-hydrogen) atoms. The van der Waals surface area contributed by atoms with Crippen LogP contribution in [0.25, 0.3) is 0 Å². The average molecular weight is 420 g/mol. The molecule has 9 heteroatoms. The second-order valence-electron chi connectivity index (χ2n) is 7.03. The monoisotopic (exact) mass is 419 g/mol. The zero-order valence-corrected chi connectivity index (χ0v) is 17.9. The number of nitrogens with zero attached hydrogens (tertiary/aromatic N) is 4. The van der Waals surface area contributed by atoms with Crippen molar-refractivity contribution in [3.05, 3.63) is 34.9 Å². The summed E-state index contributed by atoms with van der Waals surface area (Å²) < 4.78 is 13.3. The lowest BCUT2D eigenvalue weighted by Crippen LogP contribution is -2.50. The summed E-state index contributed by atoms with van der Waals surface area (Å²) in [6.45, 7) is 6.91.